The van der Waals surface area contributed by atoms with Crippen LogP contribution in [-0.2, 0) is 16.0 Å². The van der Waals surface area contributed by atoms with Crippen molar-refractivity contribution in [1.29, 1.82) is 0 Å². The van der Waals surface area contributed by atoms with Gasteiger partial charge in [-0.3, -0.25) is 9.59 Å². The van der Waals surface area contributed by atoms with E-state index in [4.69, 9.17) is 4.42 Å². The SMILES string of the molecule is CCCCCCCCc1ccc(C(C)=C(C(C)=O)C(=O)N(C)C)o1. The van der Waals surface area contributed by atoms with Crippen molar-refractivity contribution in [2.75, 3.05) is 14.1 Å². The van der Waals surface area contributed by atoms with E-state index in [2.05, 4.69) is 6.92 Å². The first-order valence-corrected chi connectivity index (χ1v) is 8.91. The molecule has 1 amide bonds. The first-order chi connectivity index (χ1) is 11.4. The molecule has 0 saturated carbocycles. The molecule has 4 nitrogen and oxygen atoms in total. The minimum Gasteiger partial charge on any atom is -0.461 e. The van der Waals surface area contributed by atoms with E-state index in [0.717, 1.165) is 18.6 Å². The summed E-state index contributed by atoms with van der Waals surface area (Å²) in [5, 5.41) is 0. The van der Waals surface area contributed by atoms with Crippen molar-refractivity contribution in [3.63, 3.8) is 0 Å². The number of carbonyl (C=O) groups excluding carboxylic acids is 2. The van der Waals surface area contributed by atoms with Gasteiger partial charge in [-0.25, -0.2) is 0 Å². The van der Waals surface area contributed by atoms with Crippen LogP contribution in [0.25, 0.3) is 5.57 Å². The first-order valence-electron chi connectivity index (χ1n) is 8.91. The minimum atomic E-state index is -0.283. The Morgan fingerprint density at radius 1 is 1.00 bits per heavy atom. The third-order valence-corrected chi connectivity index (χ3v) is 4.16. The molecule has 0 fully saturated rings. The van der Waals surface area contributed by atoms with Crippen LogP contribution in [0.5, 0.6) is 0 Å². The fourth-order valence-corrected chi connectivity index (χ4v) is 2.72. The Balaban J connectivity index is 2.73. The number of furan rings is 1. The number of Topliss-reactive ketones (excluding diaryl/α,β-unsaturated/α-hetero) is 1. The van der Waals surface area contributed by atoms with Crippen molar-refractivity contribution >= 4 is 17.3 Å². The number of unbranched alkanes of at least 4 members (excludes halogenated alkanes) is 5. The molecular formula is C20H31NO3. The van der Waals surface area contributed by atoms with E-state index in [1.54, 1.807) is 21.0 Å². The Hall–Kier alpha value is -1.84. The number of aryl methyl sites for hydroxylation is 1. The van der Waals surface area contributed by atoms with Gasteiger partial charge in [0.2, 0.25) is 0 Å². The van der Waals surface area contributed by atoms with Crippen LogP contribution < -0.4 is 0 Å². The summed E-state index contributed by atoms with van der Waals surface area (Å²) in [6.45, 7) is 5.41. The number of nitrogens with zero attached hydrogens (tertiary/aromatic N) is 1. The second-order valence-electron chi connectivity index (χ2n) is 6.54. The number of hydrogen-bond acceptors (Lipinski definition) is 3. The van der Waals surface area contributed by atoms with Crippen LogP contribution in [0.4, 0.5) is 0 Å². The molecule has 0 aliphatic carbocycles. The van der Waals surface area contributed by atoms with Crippen LogP contribution >= 0.6 is 0 Å². The van der Waals surface area contributed by atoms with Gasteiger partial charge in [0, 0.05) is 26.1 Å². The standard InChI is InChI=1S/C20H31NO3/c1-6-7-8-9-10-11-12-17-13-14-18(24-17)15(2)19(16(3)22)20(23)21(4)5/h13-14H,6-12H2,1-5H3. The summed E-state index contributed by atoms with van der Waals surface area (Å²) in [5.41, 5.74) is 0.802. The number of rotatable bonds is 10. The fraction of sp³-hybridized carbons (Fsp3) is 0.600. The lowest BCUT2D eigenvalue weighted by Gasteiger charge is -2.13. The number of ketones is 1. The Kier molecular flexibility index (Phi) is 8.51. The number of allylic oxidation sites excluding steroid dienone is 1. The molecule has 0 aliphatic heterocycles. The third-order valence-electron chi connectivity index (χ3n) is 4.16. The van der Waals surface area contributed by atoms with Gasteiger partial charge in [-0.2, -0.15) is 0 Å². The zero-order valence-electron chi connectivity index (χ0n) is 15.8. The van der Waals surface area contributed by atoms with Gasteiger partial charge in [-0.05, 0) is 32.4 Å². The molecule has 0 spiro atoms. The molecule has 0 N–H and O–H groups in total. The smallest absolute Gasteiger partial charge is 0.257 e. The van der Waals surface area contributed by atoms with Gasteiger partial charge < -0.3 is 9.32 Å². The first kappa shape index (κ1) is 20.2. The van der Waals surface area contributed by atoms with Crippen LogP contribution in [0.1, 0.15) is 70.8 Å². The summed E-state index contributed by atoms with van der Waals surface area (Å²) in [6, 6.07) is 3.80. The van der Waals surface area contributed by atoms with Crippen molar-refractivity contribution in [2.24, 2.45) is 0 Å². The molecule has 0 bridgehead atoms. The number of carbonyl (C=O) groups is 2. The Labute approximate surface area is 145 Å². The van der Waals surface area contributed by atoms with Crippen LogP contribution in [0, 0.1) is 0 Å². The molecule has 1 aromatic rings. The average molecular weight is 333 g/mol. The summed E-state index contributed by atoms with van der Waals surface area (Å²) < 4.78 is 5.85. The maximum Gasteiger partial charge on any atom is 0.257 e. The number of amides is 1. The van der Waals surface area contributed by atoms with E-state index >= 15 is 0 Å². The monoisotopic (exact) mass is 333 g/mol. The van der Waals surface area contributed by atoms with Crippen LogP contribution in [0.15, 0.2) is 22.1 Å². The number of likely N-dealkylation sites (N-methyl/N-ethyl adjacent to an activating group) is 1. The zero-order chi connectivity index (χ0) is 18.1. The van der Waals surface area contributed by atoms with E-state index in [1.165, 1.54) is 43.9 Å². The van der Waals surface area contributed by atoms with Gasteiger partial charge >= 0.3 is 0 Å². The predicted molar refractivity (Wildman–Crippen MR) is 97.8 cm³/mol. The second kappa shape index (κ2) is 10.1. The lowest BCUT2D eigenvalue weighted by Crippen LogP contribution is -2.27. The van der Waals surface area contributed by atoms with E-state index in [-0.39, 0.29) is 17.3 Å². The van der Waals surface area contributed by atoms with Crippen molar-refractivity contribution in [3.05, 3.63) is 29.2 Å². The number of hydrogen-bond donors (Lipinski definition) is 0. The van der Waals surface area contributed by atoms with Gasteiger partial charge in [0.1, 0.15) is 11.5 Å². The van der Waals surface area contributed by atoms with E-state index in [0.29, 0.717) is 11.3 Å². The lowest BCUT2D eigenvalue weighted by atomic mass is 10.0. The van der Waals surface area contributed by atoms with Crippen molar-refractivity contribution < 1.29 is 14.0 Å². The highest BCUT2D eigenvalue weighted by Crippen LogP contribution is 2.23. The highest BCUT2D eigenvalue weighted by molar-refractivity contribution is 6.23. The van der Waals surface area contributed by atoms with Crippen molar-refractivity contribution in [1.82, 2.24) is 4.90 Å². The Bertz CT molecular complexity index is 581. The molecule has 1 heterocycles. The zero-order valence-corrected chi connectivity index (χ0v) is 15.8. The second-order valence-corrected chi connectivity index (χ2v) is 6.54. The van der Waals surface area contributed by atoms with E-state index in [1.807, 2.05) is 12.1 Å². The molecule has 0 saturated heterocycles. The minimum absolute atomic E-state index is 0.195. The van der Waals surface area contributed by atoms with Gasteiger partial charge in [-0.15, -0.1) is 0 Å². The van der Waals surface area contributed by atoms with Crippen molar-refractivity contribution in [2.45, 2.75) is 65.7 Å². The predicted octanol–water partition coefficient (Wildman–Crippen LogP) is 4.63. The third kappa shape index (κ3) is 5.99. The fourth-order valence-electron chi connectivity index (χ4n) is 2.72. The molecule has 0 unspecified atom stereocenters. The van der Waals surface area contributed by atoms with Gasteiger partial charge in [0.15, 0.2) is 5.78 Å². The normalized spacial score (nSPS) is 12.0. The van der Waals surface area contributed by atoms with Gasteiger partial charge in [0.05, 0.1) is 5.57 Å². The highest BCUT2D eigenvalue weighted by atomic mass is 16.3. The van der Waals surface area contributed by atoms with Crippen LogP contribution in [0.3, 0.4) is 0 Å². The summed E-state index contributed by atoms with van der Waals surface area (Å²) in [7, 11) is 3.29. The molecule has 0 atom stereocenters. The van der Waals surface area contributed by atoms with Gasteiger partial charge in [-0.1, -0.05) is 39.0 Å². The maximum absolute atomic E-state index is 12.2. The van der Waals surface area contributed by atoms with E-state index < -0.39 is 0 Å². The summed E-state index contributed by atoms with van der Waals surface area (Å²) in [4.78, 5) is 25.5. The van der Waals surface area contributed by atoms with Crippen LogP contribution in [-0.4, -0.2) is 30.7 Å². The molecule has 1 aromatic heterocycles. The van der Waals surface area contributed by atoms with Gasteiger partial charge in [0.25, 0.3) is 5.91 Å². The molecule has 0 aromatic carbocycles. The van der Waals surface area contributed by atoms with E-state index in [9.17, 15) is 9.59 Å². The molecule has 4 heteroatoms. The molecule has 0 aliphatic rings. The molecule has 134 valence electrons. The molecule has 0 radical (unpaired) electrons. The maximum atomic E-state index is 12.2. The molecule has 1 rings (SSSR count). The summed E-state index contributed by atoms with van der Waals surface area (Å²) >= 11 is 0. The van der Waals surface area contributed by atoms with Crippen LogP contribution in [0.2, 0.25) is 0 Å². The quantitative estimate of drug-likeness (QED) is 0.271. The highest BCUT2D eigenvalue weighted by Gasteiger charge is 2.21. The summed E-state index contributed by atoms with van der Waals surface area (Å²) in [5.74, 6) is 1.00. The average Bonchev–Trinajstić information content (AvgIpc) is 2.99. The Morgan fingerprint density at radius 2 is 1.62 bits per heavy atom. The lowest BCUT2D eigenvalue weighted by molar-refractivity contribution is -0.127. The summed E-state index contributed by atoms with van der Waals surface area (Å²) in [6.07, 6.45) is 8.36. The largest absolute Gasteiger partial charge is 0.461 e. The van der Waals surface area contributed by atoms with Crippen molar-refractivity contribution in [3.8, 4) is 0 Å². The molecule has 24 heavy (non-hydrogen) atoms. The molecular weight excluding hydrogens is 302 g/mol. The topological polar surface area (TPSA) is 50.5 Å². The Morgan fingerprint density at radius 3 is 2.21 bits per heavy atom.